The van der Waals surface area contributed by atoms with Gasteiger partial charge < -0.3 is 0 Å². The van der Waals surface area contributed by atoms with Crippen LogP contribution in [0.25, 0.3) is 11.1 Å². The van der Waals surface area contributed by atoms with Gasteiger partial charge in [0.15, 0.2) is 6.29 Å². The van der Waals surface area contributed by atoms with E-state index in [1.54, 1.807) is 30.3 Å². The van der Waals surface area contributed by atoms with Crippen LogP contribution in [0.4, 0.5) is 5.69 Å². The lowest BCUT2D eigenvalue weighted by Gasteiger charge is -2.03. The minimum Gasteiger partial charge on any atom is -0.298 e. The van der Waals surface area contributed by atoms with Gasteiger partial charge in [-0.1, -0.05) is 29.8 Å². The number of non-ortho nitro benzene ring substituents is 1. The molecule has 0 unspecified atom stereocenters. The maximum absolute atomic E-state index is 10.8. The summed E-state index contributed by atoms with van der Waals surface area (Å²) in [5.74, 6) is 0. The van der Waals surface area contributed by atoms with Gasteiger partial charge in [-0.15, -0.1) is 0 Å². The smallest absolute Gasteiger partial charge is 0.270 e. The average Bonchev–Trinajstić information content (AvgIpc) is 2.39. The van der Waals surface area contributed by atoms with Crippen molar-refractivity contribution in [2.45, 2.75) is 0 Å². The lowest BCUT2D eigenvalue weighted by molar-refractivity contribution is -0.384. The number of aldehydes is 1. The van der Waals surface area contributed by atoms with Crippen molar-refractivity contribution in [1.29, 1.82) is 0 Å². The highest BCUT2D eigenvalue weighted by molar-refractivity contribution is 6.33. The minimum atomic E-state index is -0.458. The largest absolute Gasteiger partial charge is 0.298 e. The van der Waals surface area contributed by atoms with E-state index in [4.69, 9.17) is 11.6 Å². The fourth-order valence-corrected chi connectivity index (χ4v) is 1.77. The molecule has 0 fully saturated rings. The van der Waals surface area contributed by atoms with Gasteiger partial charge in [-0.25, -0.2) is 0 Å². The maximum Gasteiger partial charge on any atom is 0.270 e. The van der Waals surface area contributed by atoms with Crippen LogP contribution in [-0.2, 0) is 0 Å². The summed E-state index contributed by atoms with van der Waals surface area (Å²) in [6.07, 6.45) is 0.656. The van der Waals surface area contributed by atoms with E-state index >= 15 is 0 Å². The van der Waals surface area contributed by atoms with Crippen molar-refractivity contribution in [3.8, 4) is 11.1 Å². The van der Waals surface area contributed by atoms with E-state index in [1.165, 1.54) is 12.1 Å². The second-order valence-electron chi connectivity index (χ2n) is 3.66. The summed E-state index contributed by atoms with van der Waals surface area (Å²) >= 11 is 5.83. The SMILES string of the molecule is O=Cc1cc(-c2cccc([N+](=O)[O-])c2)ccc1Cl. The van der Waals surface area contributed by atoms with Crippen molar-refractivity contribution in [1.82, 2.24) is 0 Å². The zero-order valence-corrected chi connectivity index (χ0v) is 9.92. The molecular formula is C13H8ClNO3. The van der Waals surface area contributed by atoms with Gasteiger partial charge in [-0.3, -0.25) is 14.9 Å². The third kappa shape index (κ3) is 2.38. The summed E-state index contributed by atoms with van der Waals surface area (Å²) in [6.45, 7) is 0. The third-order valence-electron chi connectivity index (χ3n) is 2.51. The van der Waals surface area contributed by atoms with Gasteiger partial charge in [0.05, 0.1) is 9.95 Å². The maximum atomic E-state index is 10.8. The van der Waals surface area contributed by atoms with Crippen molar-refractivity contribution in [3.63, 3.8) is 0 Å². The number of nitro benzene ring substituents is 1. The van der Waals surface area contributed by atoms with Crippen LogP contribution in [0.2, 0.25) is 5.02 Å². The molecule has 2 rings (SSSR count). The highest BCUT2D eigenvalue weighted by Gasteiger charge is 2.08. The normalized spacial score (nSPS) is 10.1. The fourth-order valence-electron chi connectivity index (χ4n) is 1.61. The summed E-state index contributed by atoms with van der Waals surface area (Å²) < 4.78 is 0. The Kier molecular flexibility index (Phi) is 3.39. The molecule has 2 aromatic carbocycles. The Hall–Kier alpha value is -2.20. The van der Waals surface area contributed by atoms with Gasteiger partial charge in [0.1, 0.15) is 0 Å². The molecule has 0 aliphatic rings. The van der Waals surface area contributed by atoms with E-state index in [2.05, 4.69) is 0 Å². The molecule has 0 N–H and O–H groups in total. The second kappa shape index (κ2) is 4.98. The van der Waals surface area contributed by atoms with E-state index in [0.717, 1.165) is 0 Å². The molecule has 4 nitrogen and oxygen atoms in total. The van der Waals surface area contributed by atoms with Gasteiger partial charge in [0, 0.05) is 17.7 Å². The molecule has 0 radical (unpaired) electrons. The van der Waals surface area contributed by atoms with Crippen LogP contribution in [0.15, 0.2) is 42.5 Å². The Morgan fingerprint density at radius 1 is 1.11 bits per heavy atom. The van der Waals surface area contributed by atoms with Crippen LogP contribution < -0.4 is 0 Å². The summed E-state index contributed by atoms with van der Waals surface area (Å²) in [5.41, 5.74) is 1.75. The number of hydrogen-bond acceptors (Lipinski definition) is 3. The van der Waals surface area contributed by atoms with Crippen molar-refractivity contribution in [3.05, 3.63) is 63.2 Å². The predicted molar refractivity (Wildman–Crippen MR) is 68.9 cm³/mol. The first-order valence-corrected chi connectivity index (χ1v) is 5.49. The molecule has 0 saturated carbocycles. The molecule has 18 heavy (non-hydrogen) atoms. The molecule has 0 atom stereocenters. The molecule has 5 heteroatoms. The first-order valence-electron chi connectivity index (χ1n) is 5.11. The molecule has 0 spiro atoms. The Bertz CT molecular complexity index is 625. The summed E-state index contributed by atoms with van der Waals surface area (Å²) in [6, 6.07) is 11.1. The quantitative estimate of drug-likeness (QED) is 0.480. The van der Waals surface area contributed by atoms with Gasteiger partial charge in [-0.05, 0) is 23.3 Å². The molecule has 90 valence electrons. The lowest BCUT2D eigenvalue weighted by Crippen LogP contribution is -1.89. The molecule has 0 saturated heterocycles. The monoisotopic (exact) mass is 261 g/mol. The van der Waals surface area contributed by atoms with Crippen LogP contribution in [0.1, 0.15) is 10.4 Å². The first-order chi connectivity index (χ1) is 8.61. The fraction of sp³-hybridized carbons (Fsp3) is 0. The van der Waals surface area contributed by atoms with E-state index in [-0.39, 0.29) is 5.69 Å². The Labute approximate surface area is 108 Å². The van der Waals surface area contributed by atoms with Gasteiger partial charge >= 0.3 is 0 Å². The molecule has 0 aliphatic heterocycles. The van der Waals surface area contributed by atoms with Crippen LogP contribution in [-0.4, -0.2) is 11.2 Å². The number of nitrogens with zero attached hydrogens (tertiary/aromatic N) is 1. The number of nitro groups is 1. The number of carbonyl (C=O) groups is 1. The molecule has 0 aromatic heterocycles. The minimum absolute atomic E-state index is 0.00935. The highest BCUT2D eigenvalue weighted by Crippen LogP contribution is 2.26. The Morgan fingerprint density at radius 2 is 1.83 bits per heavy atom. The molecular weight excluding hydrogens is 254 g/mol. The highest BCUT2D eigenvalue weighted by atomic mass is 35.5. The Balaban J connectivity index is 2.51. The predicted octanol–water partition coefficient (Wildman–Crippen LogP) is 3.73. The average molecular weight is 262 g/mol. The molecule has 0 bridgehead atoms. The number of benzene rings is 2. The topological polar surface area (TPSA) is 60.2 Å². The number of halogens is 1. The van der Waals surface area contributed by atoms with E-state index in [1.807, 2.05) is 0 Å². The summed E-state index contributed by atoms with van der Waals surface area (Å²) in [7, 11) is 0. The number of hydrogen-bond donors (Lipinski definition) is 0. The van der Waals surface area contributed by atoms with E-state index in [9.17, 15) is 14.9 Å². The standard InChI is InChI=1S/C13H8ClNO3/c14-13-5-4-10(6-11(13)8-16)9-2-1-3-12(7-9)15(17)18/h1-8H. The number of carbonyl (C=O) groups excluding carboxylic acids is 1. The molecule has 0 amide bonds. The first kappa shape index (κ1) is 12.3. The second-order valence-corrected chi connectivity index (χ2v) is 4.07. The van der Waals surface area contributed by atoms with Crippen LogP contribution in [0, 0.1) is 10.1 Å². The zero-order valence-electron chi connectivity index (χ0n) is 9.17. The van der Waals surface area contributed by atoms with Crippen molar-refractivity contribution in [2.75, 3.05) is 0 Å². The molecule has 0 aliphatic carbocycles. The van der Waals surface area contributed by atoms with E-state index < -0.39 is 4.92 Å². The molecule has 2 aromatic rings. The Morgan fingerprint density at radius 3 is 2.50 bits per heavy atom. The van der Waals surface area contributed by atoms with Crippen molar-refractivity contribution >= 4 is 23.6 Å². The molecule has 0 heterocycles. The summed E-state index contributed by atoms with van der Waals surface area (Å²) in [4.78, 5) is 21.0. The van der Waals surface area contributed by atoms with Crippen LogP contribution in [0.5, 0.6) is 0 Å². The van der Waals surface area contributed by atoms with Gasteiger partial charge in [0.25, 0.3) is 5.69 Å². The zero-order chi connectivity index (χ0) is 13.1. The summed E-state index contributed by atoms with van der Waals surface area (Å²) in [5, 5.41) is 11.1. The lowest BCUT2D eigenvalue weighted by atomic mass is 10.0. The van der Waals surface area contributed by atoms with Crippen molar-refractivity contribution in [2.24, 2.45) is 0 Å². The third-order valence-corrected chi connectivity index (χ3v) is 2.86. The van der Waals surface area contributed by atoms with Gasteiger partial charge in [-0.2, -0.15) is 0 Å². The van der Waals surface area contributed by atoms with Crippen molar-refractivity contribution < 1.29 is 9.72 Å². The van der Waals surface area contributed by atoms with Crippen LogP contribution >= 0.6 is 11.6 Å². The van der Waals surface area contributed by atoms with E-state index in [0.29, 0.717) is 28.0 Å². The van der Waals surface area contributed by atoms with Crippen LogP contribution in [0.3, 0.4) is 0 Å². The number of rotatable bonds is 3. The van der Waals surface area contributed by atoms with Gasteiger partial charge in [0.2, 0.25) is 0 Å².